The molecule has 7 atom stereocenters. The largest absolute Gasteiger partial charge is 0.469 e. The molecule has 3 saturated carbocycles. The first kappa shape index (κ1) is 20.1. The van der Waals surface area contributed by atoms with Crippen LogP contribution in [0.25, 0.3) is 0 Å². The van der Waals surface area contributed by atoms with E-state index in [0.29, 0.717) is 26.1 Å². The number of aliphatic hydroxyl groups is 1. The first-order chi connectivity index (χ1) is 13.3. The number of ether oxygens (including phenoxy) is 3. The summed E-state index contributed by atoms with van der Waals surface area (Å²) in [6, 6.07) is 2.64. The number of carbonyl (C=O) groups excluding carboxylic acids is 1. The van der Waals surface area contributed by atoms with E-state index in [0.717, 1.165) is 32.1 Å². The van der Waals surface area contributed by atoms with Crippen molar-refractivity contribution in [1.29, 1.82) is 5.26 Å². The van der Waals surface area contributed by atoms with Crippen LogP contribution in [0, 0.1) is 45.8 Å². The van der Waals surface area contributed by atoms with Crippen molar-refractivity contribution in [2.24, 2.45) is 34.5 Å². The van der Waals surface area contributed by atoms with Gasteiger partial charge in [0, 0.05) is 11.8 Å². The van der Waals surface area contributed by atoms with Gasteiger partial charge in [0.05, 0.1) is 44.3 Å². The molecule has 4 aliphatic rings. The molecular formula is C22H33NO5. The molecular weight excluding hydrogens is 358 g/mol. The summed E-state index contributed by atoms with van der Waals surface area (Å²) in [5.74, 6) is -0.973. The second-order valence-electron chi connectivity index (χ2n) is 9.82. The second-order valence-corrected chi connectivity index (χ2v) is 9.82. The standard InChI is InChI=1S/C22H33NO5/c1-20(7-4-14(24)12-18(20)19(25)26-3)16-5-8-21(2)17(15(16)13-23)6-9-22(21)27-10-11-28-22/h14-18,24H,4-12H2,1-3H3/t14-,15+,16-,17-,18+,20+,21-/m0/s1. The quantitative estimate of drug-likeness (QED) is 0.728. The molecule has 28 heavy (non-hydrogen) atoms. The number of hydrogen-bond donors (Lipinski definition) is 1. The third-order valence-corrected chi connectivity index (χ3v) is 8.87. The molecule has 0 aromatic rings. The Kier molecular flexibility index (Phi) is 5.01. The van der Waals surface area contributed by atoms with Gasteiger partial charge in [-0.3, -0.25) is 4.79 Å². The second kappa shape index (κ2) is 6.97. The van der Waals surface area contributed by atoms with Gasteiger partial charge in [-0.05, 0) is 55.8 Å². The average Bonchev–Trinajstić information content (AvgIpc) is 3.29. The van der Waals surface area contributed by atoms with Gasteiger partial charge >= 0.3 is 5.97 Å². The van der Waals surface area contributed by atoms with Gasteiger partial charge in [-0.1, -0.05) is 13.8 Å². The van der Waals surface area contributed by atoms with Crippen molar-refractivity contribution in [3.8, 4) is 6.07 Å². The van der Waals surface area contributed by atoms with Gasteiger partial charge in [-0.25, -0.2) is 0 Å². The lowest BCUT2D eigenvalue weighted by Gasteiger charge is -2.55. The van der Waals surface area contributed by atoms with Gasteiger partial charge in [-0.2, -0.15) is 5.26 Å². The Morgan fingerprint density at radius 3 is 2.43 bits per heavy atom. The van der Waals surface area contributed by atoms with E-state index >= 15 is 0 Å². The van der Waals surface area contributed by atoms with Crippen LogP contribution in [0.1, 0.15) is 58.8 Å². The fourth-order valence-electron chi connectivity index (χ4n) is 7.21. The average molecular weight is 392 g/mol. The zero-order valence-corrected chi connectivity index (χ0v) is 17.3. The van der Waals surface area contributed by atoms with Crippen molar-refractivity contribution < 1.29 is 24.1 Å². The topological polar surface area (TPSA) is 88.8 Å². The minimum absolute atomic E-state index is 0.115. The van der Waals surface area contributed by atoms with Crippen molar-refractivity contribution in [2.75, 3.05) is 20.3 Å². The zero-order chi connectivity index (χ0) is 20.2. The predicted molar refractivity (Wildman–Crippen MR) is 101 cm³/mol. The van der Waals surface area contributed by atoms with Gasteiger partial charge < -0.3 is 19.3 Å². The van der Waals surface area contributed by atoms with E-state index in [9.17, 15) is 15.2 Å². The van der Waals surface area contributed by atoms with E-state index in [1.807, 2.05) is 0 Å². The van der Waals surface area contributed by atoms with Crippen LogP contribution in [0.2, 0.25) is 0 Å². The fraction of sp³-hybridized carbons (Fsp3) is 0.909. The monoisotopic (exact) mass is 391 g/mol. The van der Waals surface area contributed by atoms with Crippen molar-refractivity contribution in [2.45, 2.75) is 70.7 Å². The number of aliphatic hydroxyl groups excluding tert-OH is 1. The highest BCUT2D eigenvalue weighted by Crippen LogP contribution is 2.66. The van der Waals surface area contributed by atoms with E-state index in [1.54, 1.807) is 0 Å². The zero-order valence-electron chi connectivity index (χ0n) is 17.3. The summed E-state index contributed by atoms with van der Waals surface area (Å²) in [7, 11) is 1.42. The predicted octanol–water partition coefficient (Wildman–Crippen LogP) is 3.04. The number of hydrogen-bond acceptors (Lipinski definition) is 6. The summed E-state index contributed by atoms with van der Waals surface area (Å²) < 4.78 is 17.4. The highest BCUT2D eigenvalue weighted by Gasteiger charge is 2.67. The third-order valence-electron chi connectivity index (χ3n) is 8.87. The molecule has 4 rings (SSSR count). The molecule has 6 nitrogen and oxygen atoms in total. The molecule has 0 aromatic heterocycles. The SMILES string of the molecule is COC(=O)[C@H]1C[C@@H](O)CC[C@]1(C)[C@H]1CC[C@@]2(C)[C@@H](CCC23OCCO3)[C@@H]1C#N. The van der Waals surface area contributed by atoms with Crippen molar-refractivity contribution in [3.63, 3.8) is 0 Å². The number of carbonyl (C=O) groups is 1. The van der Waals surface area contributed by atoms with E-state index in [2.05, 4.69) is 19.9 Å². The van der Waals surface area contributed by atoms with E-state index in [-0.39, 0.29) is 40.5 Å². The maximum atomic E-state index is 12.6. The van der Waals surface area contributed by atoms with Crippen LogP contribution >= 0.6 is 0 Å². The molecule has 0 bridgehead atoms. The van der Waals surface area contributed by atoms with E-state index < -0.39 is 11.9 Å². The summed E-state index contributed by atoms with van der Waals surface area (Å²) in [6.07, 6.45) is 4.96. The molecule has 3 aliphatic carbocycles. The molecule has 1 saturated heterocycles. The van der Waals surface area contributed by atoms with Crippen molar-refractivity contribution in [3.05, 3.63) is 0 Å². The Labute approximate surface area is 167 Å². The molecule has 0 aromatic carbocycles. The van der Waals surface area contributed by atoms with Crippen LogP contribution in [0.3, 0.4) is 0 Å². The fourth-order valence-corrected chi connectivity index (χ4v) is 7.21. The van der Waals surface area contributed by atoms with E-state index in [1.165, 1.54) is 7.11 Å². The normalized spacial score (nSPS) is 47.5. The molecule has 6 heteroatoms. The number of nitrogens with zero attached hydrogens (tertiary/aromatic N) is 1. The Bertz CT molecular complexity index is 668. The minimum atomic E-state index is -0.539. The first-order valence-corrected chi connectivity index (χ1v) is 10.7. The van der Waals surface area contributed by atoms with E-state index in [4.69, 9.17) is 14.2 Å². The van der Waals surface area contributed by atoms with Crippen LogP contribution in [0.5, 0.6) is 0 Å². The Morgan fingerprint density at radius 2 is 1.79 bits per heavy atom. The van der Waals surface area contributed by atoms with Crippen LogP contribution in [-0.4, -0.2) is 43.3 Å². The van der Waals surface area contributed by atoms with Crippen molar-refractivity contribution >= 4 is 5.97 Å². The molecule has 0 amide bonds. The number of esters is 1. The number of methoxy groups -OCH3 is 1. The maximum Gasteiger partial charge on any atom is 0.309 e. The molecule has 4 fully saturated rings. The van der Waals surface area contributed by atoms with Crippen LogP contribution in [0.15, 0.2) is 0 Å². The third kappa shape index (κ3) is 2.66. The van der Waals surface area contributed by atoms with Gasteiger partial charge in [0.1, 0.15) is 0 Å². The summed E-state index contributed by atoms with van der Waals surface area (Å²) in [4.78, 5) is 12.6. The molecule has 156 valence electrons. The molecule has 0 radical (unpaired) electrons. The molecule has 1 heterocycles. The lowest BCUT2D eigenvalue weighted by molar-refractivity contribution is -0.241. The summed E-state index contributed by atoms with van der Waals surface area (Å²) in [6.45, 7) is 5.64. The van der Waals surface area contributed by atoms with Crippen LogP contribution < -0.4 is 0 Å². The number of fused-ring (bicyclic) bond motifs is 2. The van der Waals surface area contributed by atoms with Gasteiger partial charge in [0.2, 0.25) is 0 Å². The first-order valence-electron chi connectivity index (χ1n) is 10.7. The number of nitriles is 1. The van der Waals surface area contributed by atoms with Crippen LogP contribution in [0.4, 0.5) is 0 Å². The summed E-state index contributed by atoms with van der Waals surface area (Å²) in [5.41, 5.74) is -0.493. The summed E-state index contributed by atoms with van der Waals surface area (Å²) >= 11 is 0. The lowest BCUT2D eigenvalue weighted by atomic mass is 9.49. The Morgan fingerprint density at radius 1 is 1.11 bits per heavy atom. The van der Waals surface area contributed by atoms with Crippen LogP contribution in [-0.2, 0) is 19.0 Å². The Balaban J connectivity index is 1.66. The molecule has 1 aliphatic heterocycles. The highest BCUT2D eigenvalue weighted by atomic mass is 16.7. The van der Waals surface area contributed by atoms with Gasteiger partial charge in [0.25, 0.3) is 0 Å². The smallest absolute Gasteiger partial charge is 0.309 e. The summed E-state index contributed by atoms with van der Waals surface area (Å²) in [5, 5.41) is 20.4. The maximum absolute atomic E-state index is 12.6. The van der Waals surface area contributed by atoms with Gasteiger partial charge in [0.15, 0.2) is 5.79 Å². The number of rotatable bonds is 2. The van der Waals surface area contributed by atoms with Crippen molar-refractivity contribution in [1.82, 2.24) is 0 Å². The Hall–Kier alpha value is -1.16. The molecule has 1 N–H and O–H groups in total. The lowest BCUT2D eigenvalue weighted by Crippen LogP contribution is -2.55. The minimum Gasteiger partial charge on any atom is -0.469 e. The molecule has 1 spiro atoms. The van der Waals surface area contributed by atoms with Gasteiger partial charge in [-0.15, -0.1) is 0 Å². The highest BCUT2D eigenvalue weighted by molar-refractivity contribution is 5.73. The molecule has 0 unspecified atom stereocenters.